The first-order chi connectivity index (χ1) is 12.3. The van der Waals surface area contributed by atoms with Gasteiger partial charge >= 0.3 is 0 Å². The van der Waals surface area contributed by atoms with Crippen molar-refractivity contribution < 1.29 is 9.59 Å². The van der Waals surface area contributed by atoms with Crippen LogP contribution in [0.15, 0.2) is 47.6 Å². The summed E-state index contributed by atoms with van der Waals surface area (Å²) in [5.74, 6) is -0.477. The molecule has 2 rings (SSSR count). The van der Waals surface area contributed by atoms with Crippen LogP contribution in [0, 0.1) is 20.8 Å². The third kappa shape index (κ3) is 5.84. The minimum absolute atomic E-state index is 0.0847. The molecule has 0 saturated carbocycles. The summed E-state index contributed by atoms with van der Waals surface area (Å²) in [6, 6.07) is 13.6. The maximum absolute atomic E-state index is 12.0. The summed E-state index contributed by atoms with van der Waals surface area (Å²) in [4.78, 5) is 23.9. The maximum atomic E-state index is 12.0. The molecule has 0 saturated heterocycles. The van der Waals surface area contributed by atoms with Crippen molar-refractivity contribution in [3.05, 3.63) is 64.7 Å². The van der Waals surface area contributed by atoms with Gasteiger partial charge in [-0.05, 0) is 56.5 Å². The first-order valence-electron chi connectivity index (χ1n) is 8.62. The smallest absolute Gasteiger partial charge is 0.240 e. The summed E-state index contributed by atoms with van der Waals surface area (Å²) in [5.41, 5.74) is 8.36. The predicted octanol–water partition coefficient (Wildman–Crippen LogP) is 3.87. The molecular weight excluding hydrogens is 326 g/mol. The van der Waals surface area contributed by atoms with Gasteiger partial charge in [-0.2, -0.15) is 5.10 Å². The largest absolute Gasteiger partial charge is 0.326 e. The van der Waals surface area contributed by atoms with Gasteiger partial charge in [-0.3, -0.25) is 9.59 Å². The van der Waals surface area contributed by atoms with Crippen molar-refractivity contribution in [2.24, 2.45) is 5.10 Å². The van der Waals surface area contributed by atoms with Gasteiger partial charge in [0.2, 0.25) is 11.8 Å². The van der Waals surface area contributed by atoms with E-state index >= 15 is 0 Å². The Bertz CT molecular complexity index is 824. The van der Waals surface area contributed by atoms with E-state index in [-0.39, 0.29) is 24.7 Å². The van der Waals surface area contributed by atoms with E-state index in [9.17, 15) is 9.59 Å². The van der Waals surface area contributed by atoms with Gasteiger partial charge in [0.1, 0.15) is 0 Å². The second-order valence-corrected chi connectivity index (χ2v) is 6.45. The molecule has 0 bridgehead atoms. The maximum Gasteiger partial charge on any atom is 0.240 e. The lowest BCUT2D eigenvalue weighted by Gasteiger charge is -2.07. The number of nitrogens with zero attached hydrogens (tertiary/aromatic N) is 1. The monoisotopic (exact) mass is 351 g/mol. The third-order valence-electron chi connectivity index (χ3n) is 4.19. The van der Waals surface area contributed by atoms with Gasteiger partial charge in [-0.15, -0.1) is 0 Å². The molecule has 0 aliphatic carbocycles. The average Bonchev–Trinajstić information content (AvgIpc) is 2.61. The molecule has 0 spiro atoms. The van der Waals surface area contributed by atoms with E-state index in [1.165, 1.54) is 11.1 Å². The molecule has 0 heterocycles. The van der Waals surface area contributed by atoms with Gasteiger partial charge in [0.25, 0.3) is 0 Å². The summed E-state index contributed by atoms with van der Waals surface area (Å²) in [6.45, 7) is 7.86. The zero-order valence-corrected chi connectivity index (χ0v) is 15.7. The highest BCUT2D eigenvalue weighted by molar-refractivity contribution is 5.99. The SMILES string of the molecule is CC(=NNC(=O)CCC(=O)Nc1ccc(C)c(C)c1)c1ccc(C)cc1. The van der Waals surface area contributed by atoms with Crippen LogP contribution in [0.25, 0.3) is 0 Å². The third-order valence-corrected chi connectivity index (χ3v) is 4.19. The Morgan fingerprint density at radius 2 is 1.54 bits per heavy atom. The number of anilines is 1. The topological polar surface area (TPSA) is 70.6 Å². The summed E-state index contributed by atoms with van der Waals surface area (Å²) >= 11 is 0. The molecule has 0 atom stereocenters. The summed E-state index contributed by atoms with van der Waals surface area (Å²) < 4.78 is 0. The fraction of sp³-hybridized carbons (Fsp3) is 0.286. The molecule has 5 heteroatoms. The lowest BCUT2D eigenvalue weighted by atomic mass is 10.1. The lowest BCUT2D eigenvalue weighted by Crippen LogP contribution is -2.21. The van der Waals surface area contributed by atoms with E-state index in [2.05, 4.69) is 15.8 Å². The van der Waals surface area contributed by atoms with E-state index in [0.717, 1.165) is 22.5 Å². The number of carbonyl (C=O) groups is 2. The molecule has 0 aliphatic heterocycles. The van der Waals surface area contributed by atoms with Crippen molar-refractivity contribution in [1.82, 2.24) is 5.43 Å². The predicted molar refractivity (Wildman–Crippen MR) is 105 cm³/mol. The first-order valence-corrected chi connectivity index (χ1v) is 8.62. The second-order valence-electron chi connectivity index (χ2n) is 6.45. The molecule has 2 amide bonds. The van der Waals surface area contributed by atoms with Gasteiger partial charge in [0.15, 0.2) is 0 Å². The number of hydrogen-bond donors (Lipinski definition) is 2. The van der Waals surface area contributed by atoms with E-state index in [1.807, 2.05) is 70.2 Å². The minimum Gasteiger partial charge on any atom is -0.326 e. The Morgan fingerprint density at radius 3 is 2.19 bits per heavy atom. The summed E-state index contributed by atoms with van der Waals surface area (Å²) in [7, 11) is 0. The molecule has 136 valence electrons. The number of nitrogens with one attached hydrogen (secondary N) is 2. The zero-order chi connectivity index (χ0) is 19.1. The van der Waals surface area contributed by atoms with Gasteiger partial charge in [0, 0.05) is 18.5 Å². The van der Waals surface area contributed by atoms with Crippen LogP contribution in [0.5, 0.6) is 0 Å². The van der Waals surface area contributed by atoms with Gasteiger partial charge in [-0.25, -0.2) is 5.43 Å². The Balaban J connectivity index is 1.80. The Kier molecular flexibility index (Phi) is 6.67. The minimum atomic E-state index is -0.285. The van der Waals surface area contributed by atoms with E-state index in [4.69, 9.17) is 0 Å². The van der Waals surface area contributed by atoms with Crippen molar-refractivity contribution in [2.45, 2.75) is 40.5 Å². The van der Waals surface area contributed by atoms with Crippen molar-refractivity contribution in [3.8, 4) is 0 Å². The van der Waals surface area contributed by atoms with E-state index in [0.29, 0.717) is 0 Å². The quantitative estimate of drug-likeness (QED) is 0.612. The van der Waals surface area contributed by atoms with Crippen LogP contribution in [0.1, 0.15) is 42.0 Å². The average molecular weight is 351 g/mol. The Hall–Kier alpha value is -2.95. The standard InChI is InChI=1S/C21H25N3O2/c1-14-5-8-18(9-6-14)17(4)23-24-21(26)12-11-20(25)22-19-10-7-15(2)16(3)13-19/h5-10,13H,11-12H2,1-4H3,(H,22,25)(H,24,26). The van der Waals surface area contributed by atoms with Crippen LogP contribution in [0.3, 0.4) is 0 Å². The summed E-state index contributed by atoms with van der Waals surface area (Å²) in [6.07, 6.45) is 0.194. The number of hydrogen-bond acceptors (Lipinski definition) is 3. The highest BCUT2D eigenvalue weighted by Crippen LogP contribution is 2.14. The van der Waals surface area contributed by atoms with Crippen molar-refractivity contribution in [2.75, 3.05) is 5.32 Å². The molecule has 0 aliphatic rings. The van der Waals surface area contributed by atoms with Crippen LogP contribution in [0.4, 0.5) is 5.69 Å². The highest BCUT2D eigenvalue weighted by Gasteiger charge is 2.08. The zero-order valence-electron chi connectivity index (χ0n) is 15.7. The number of rotatable bonds is 6. The number of hydrazone groups is 1. The van der Waals surface area contributed by atoms with Gasteiger partial charge in [0.05, 0.1) is 5.71 Å². The van der Waals surface area contributed by atoms with Gasteiger partial charge < -0.3 is 5.32 Å². The Labute approximate surface area is 154 Å². The number of amides is 2. The number of benzene rings is 2. The van der Waals surface area contributed by atoms with Gasteiger partial charge in [-0.1, -0.05) is 35.9 Å². The van der Waals surface area contributed by atoms with Crippen molar-refractivity contribution >= 4 is 23.2 Å². The van der Waals surface area contributed by atoms with Crippen LogP contribution < -0.4 is 10.7 Å². The van der Waals surface area contributed by atoms with Crippen LogP contribution in [-0.2, 0) is 9.59 Å². The molecule has 5 nitrogen and oxygen atoms in total. The highest BCUT2D eigenvalue weighted by atomic mass is 16.2. The number of carbonyl (C=O) groups excluding carboxylic acids is 2. The van der Waals surface area contributed by atoms with Crippen molar-refractivity contribution in [1.29, 1.82) is 0 Å². The van der Waals surface area contributed by atoms with E-state index in [1.54, 1.807) is 0 Å². The molecule has 0 aromatic heterocycles. The Morgan fingerprint density at radius 1 is 0.885 bits per heavy atom. The molecule has 2 aromatic rings. The molecule has 2 N–H and O–H groups in total. The molecule has 0 fully saturated rings. The number of aryl methyl sites for hydroxylation is 3. The molecule has 0 radical (unpaired) electrons. The molecule has 26 heavy (non-hydrogen) atoms. The molecular formula is C21H25N3O2. The fourth-order valence-electron chi connectivity index (χ4n) is 2.33. The lowest BCUT2D eigenvalue weighted by molar-refractivity contribution is -0.124. The first kappa shape index (κ1) is 19.4. The summed E-state index contributed by atoms with van der Waals surface area (Å²) in [5, 5.41) is 6.90. The van der Waals surface area contributed by atoms with E-state index < -0.39 is 0 Å². The van der Waals surface area contributed by atoms with Crippen molar-refractivity contribution in [3.63, 3.8) is 0 Å². The molecule has 2 aromatic carbocycles. The molecule has 0 unspecified atom stereocenters. The normalized spacial score (nSPS) is 11.2. The van der Waals surface area contributed by atoms with Crippen LogP contribution in [-0.4, -0.2) is 17.5 Å². The van der Waals surface area contributed by atoms with Crippen LogP contribution >= 0.6 is 0 Å². The fourth-order valence-corrected chi connectivity index (χ4v) is 2.33. The second kappa shape index (κ2) is 8.94. The van der Waals surface area contributed by atoms with Crippen LogP contribution in [0.2, 0.25) is 0 Å².